The maximum atomic E-state index is 10.4. The molecule has 190 valence electrons. The van der Waals surface area contributed by atoms with Crippen LogP contribution in [0.5, 0.6) is 0 Å². The molecule has 9 atom stereocenters. The second-order valence-electron chi connectivity index (χ2n) is 10.2. The highest BCUT2D eigenvalue weighted by Gasteiger charge is 2.43. The van der Waals surface area contributed by atoms with Gasteiger partial charge in [-0.1, -0.05) is 62.4 Å². The summed E-state index contributed by atoms with van der Waals surface area (Å²) in [6.45, 7) is 10.9. The zero-order valence-corrected chi connectivity index (χ0v) is 21.3. The molecule has 0 radical (unpaired) electrons. The van der Waals surface area contributed by atoms with Gasteiger partial charge in [0.15, 0.2) is 0 Å². The van der Waals surface area contributed by atoms with E-state index in [0.29, 0.717) is 42.2 Å². The van der Waals surface area contributed by atoms with Gasteiger partial charge in [-0.25, -0.2) is 0 Å². The van der Waals surface area contributed by atoms with Gasteiger partial charge in [0.1, 0.15) is 12.2 Å². The number of hydrogen-bond acceptors (Lipinski definition) is 6. The van der Waals surface area contributed by atoms with E-state index in [4.69, 9.17) is 9.47 Å². The van der Waals surface area contributed by atoms with Crippen molar-refractivity contribution in [1.82, 2.24) is 0 Å². The van der Waals surface area contributed by atoms with Gasteiger partial charge in [0.25, 0.3) is 0 Å². The molecule has 6 nitrogen and oxygen atoms in total. The van der Waals surface area contributed by atoms with Crippen LogP contribution >= 0.6 is 0 Å². The molecule has 1 saturated carbocycles. The molecule has 34 heavy (non-hydrogen) atoms. The quantitative estimate of drug-likeness (QED) is 0.254. The number of ether oxygens (including phenoxy) is 2. The van der Waals surface area contributed by atoms with E-state index in [1.54, 1.807) is 0 Å². The highest BCUT2D eigenvalue weighted by atomic mass is 16.5. The van der Waals surface area contributed by atoms with Gasteiger partial charge < -0.3 is 24.9 Å². The monoisotopic (exact) mass is 473 g/mol. The summed E-state index contributed by atoms with van der Waals surface area (Å²) in [5.41, 5.74) is 2.95. The first-order valence-corrected chi connectivity index (χ1v) is 12.8. The molecule has 3 N–H and O–H groups in total. The minimum absolute atomic E-state index is 0.00304. The maximum Gasteiger partial charge on any atom is 0.125 e. The van der Waals surface area contributed by atoms with Crippen LogP contribution in [0.15, 0.2) is 52.8 Å². The first-order valence-electron chi connectivity index (χ1n) is 12.8. The number of allylic oxidation sites excluding steroid dienone is 4. The fraction of sp³-hybridized carbons (Fsp3) is 0.679. The Kier molecular flexibility index (Phi) is 9.72. The third kappa shape index (κ3) is 6.69. The summed E-state index contributed by atoms with van der Waals surface area (Å²) in [6, 6.07) is 0. The number of rotatable bonds is 9. The van der Waals surface area contributed by atoms with Crippen molar-refractivity contribution < 1.29 is 24.9 Å². The molecule has 2 heterocycles. The number of aliphatic hydroxyl groups is 2. The molecular formula is C28H43NO5. The highest BCUT2D eigenvalue weighted by molar-refractivity contribution is 5.89. The van der Waals surface area contributed by atoms with Crippen LogP contribution in [0.25, 0.3) is 0 Å². The smallest absolute Gasteiger partial charge is 0.125 e. The van der Waals surface area contributed by atoms with Crippen LogP contribution in [-0.4, -0.2) is 58.3 Å². The molecule has 6 heteroatoms. The van der Waals surface area contributed by atoms with E-state index >= 15 is 0 Å². The average Bonchev–Trinajstić information content (AvgIpc) is 3.45. The first-order chi connectivity index (χ1) is 16.3. The van der Waals surface area contributed by atoms with Crippen LogP contribution < -0.4 is 0 Å². The number of hydrogen-bond donors (Lipinski definition) is 3. The lowest BCUT2D eigenvalue weighted by Crippen LogP contribution is -2.45. The zero-order chi connectivity index (χ0) is 24.8. The minimum Gasteiger partial charge on any atom is -0.411 e. The second kappa shape index (κ2) is 12.3. The molecule has 3 aliphatic rings. The predicted octanol–water partition coefficient (Wildman–Crippen LogP) is 4.81. The molecule has 3 rings (SSSR count). The Morgan fingerprint density at radius 2 is 1.97 bits per heavy atom. The van der Waals surface area contributed by atoms with E-state index in [2.05, 4.69) is 70.2 Å². The van der Waals surface area contributed by atoms with Crippen molar-refractivity contribution in [3.63, 3.8) is 0 Å². The van der Waals surface area contributed by atoms with Gasteiger partial charge in [0.05, 0.1) is 24.0 Å². The Hall–Kier alpha value is -1.73. The molecule has 0 aromatic rings. The first kappa shape index (κ1) is 26.9. The van der Waals surface area contributed by atoms with E-state index in [0.717, 1.165) is 12.8 Å². The van der Waals surface area contributed by atoms with Crippen molar-refractivity contribution in [3.05, 3.63) is 47.6 Å². The number of nitrogens with zero attached hydrogens (tertiary/aromatic N) is 1. The summed E-state index contributed by atoms with van der Waals surface area (Å²) in [6.07, 6.45) is 14.6. The van der Waals surface area contributed by atoms with Crippen molar-refractivity contribution in [3.8, 4) is 0 Å². The van der Waals surface area contributed by atoms with E-state index in [-0.39, 0.29) is 24.9 Å². The van der Waals surface area contributed by atoms with E-state index in [1.165, 1.54) is 11.1 Å². The maximum absolute atomic E-state index is 10.4. The lowest BCUT2D eigenvalue weighted by Gasteiger charge is -2.32. The number of oxime groups is 1. The van der Waals surface area contributed by atoms with Gasteiger partial charge in [-0.3, -0.25) is 0 Å². The van der Waals surface area contributed by atoms with Crippen molar-refractivity contribution in [1.29, 1.82) is 0 Å². The van der Waals surface area contributed by atoms with E-state index < -0.39 is 12.2 Å². The number of aliphatic hydroxyl groups excluding tert-OH is 2. The van der Waals surface area contributed by atoms with Crippen LogP contribution in [0.2, 0.25) is 0 Å². The van der Waals surface area contributed by atoms with Crippen LogP contribution in [0.1, 0.15) is 60.3 Å². The molecule has 0 unspecified atom stereocenters. The molecule has 1 aliphatic carbocycles. The Balaban J connectivity index is 1.54. The molecule has 0 aromatic carbocycles. The summed E-state index contributed by atoms with van der Waals surface area (Å²) in [5, 5.41) is 32.1. The Labute approximate surface area is 204 Å². The van der Waals surface area contributed by atoms with Crippen molar-refractivity contribution in [2.24, 2.45) is 28.8 Å². The molecule has 2 aliphatic heterocycles. The van der Waals surface area contributed by atoms with Gasteiger partial charge in [0.2, 0.25) is 0 Å². The van der Waals surface area contributed by atoms with E-state index in [9.17, 15) is 15.4 Å². The van der Waals surface area contributed by atoms with Gasteiger partial charge >= 0.3 is 0 Å². The fourth-order valence-corrected chi connectivity index (χ4v) is 5.20. The Morgan fingerprint density at radius 1 is 1.24 bits per heavy atom. The van der Waals surface area contributed by atoms with Crippen molar-refractivity contribution in [2.45, 2.75) is 90.8 Å². The minimum atomic E-state index is -0.958. The Morgan fingerprint density at radius 3 is 2.65 bits per heavy atom. The summed E-state index contributed by atoms with van der Waals surface area (Å²) in [5.74, 6) is 1.73. The average molecular weight is 474 g/mol. The van der Waals surface area contributed by atoms with Gasteiger partial charge in [-0.2, -0.15) is 0 Å². The molecular weight excluding hydrogens is 430 g/mol. The highest BCUT2D eigenvalue weighted by Crippen LogP contribution is 2.48. The van der Waals surface area contributed by atoms with Gasteiger partial charge in [0, 0.05) is 13.0 Å². The van der Waals surface area contributed by atoms with Crippen LogP contribution in [-0.2, 0) is 9.47 Å². The van der Waals surface area contributed by atoms with Crippen LogP contribution in [0.3, 0.4) is 0 Å². The van der Waals surface area contributed by atoms with Crippen molar-refractivity contribution in [2.75, 3.05) is 6.61 Å². The summed E-state index contributed by atoms with van der Waals surface area (Å²) in [7, 11) is 0. The van der Waals surface area contributed by atoms with Gasteiger partial charge in [-0.15, -0.1) is 0 Å². The third-order valence-electron chi connectivity index (χ3n) is 7.59. The summed E-state index contributed by atoms with van der Waals surface area (Å²) < 4.78 is 12.2. The molecule has 0 aromatic heterocycles. The molecule has 0 spiro atoms. The Bertz CT molecular complexity index is 829. The van der Waals surface area contributed by atoms with Crippen molar-refractivity contribution >= 4 is 5.71 Å². The fourth-order valence-electron chi connectivity index (χ4n) is 5.20. The second-order valence-corrected chi connectivity index (χ2v) is 10.2. The molecule has 0 bridgehead atoms. The van der Waals surface area contributed by atoms with E-state index in [1.807, 2.05) is 6.08 Å². The summed E-state index contributed by atoms with van der Waals surface area (Å²) >= 11 is 0. The SMILES string of the molecule is CC[C@H]1O[C@@H](/C(C)=C/[C@H](C)/C=C/[C@H]2[C@@H](C)[C@@H]2/C=C/[C@@H]2O[C@H](CCO)C/C(=N\O)[C@H]2O)CC=C1C. The lowest BCUT2D eigenvalue weighted by atomic mass is 9.96. The van der Waals surface area contributed by atoms with Crippen LogP contribution in [0, 0.1) is 23.7 Å². The predicted molar refractivity (Wildman–Crippen MR) is 135 cm³/mol. The van der Waals surface area contributed by atoms with Crippen LogP contribution in [0.4, 0.5) is 0 Å². The topological polar surface area (TPSA) is 91.5 Å². The third-order valence-corrected chi connectivity index (χ3v) is 7.59. The zero-order valence-electron chi connectivity index (χ0n) is 21.3. The molecule has 0 amide bonds. The molecule has 2 fully saturated rings. The lowest BCUT2D eigenvalue weighted by molar-refractivity contribution is -0.0553. The molecule has 1 saturated heterocycles. The van der Waals surface area contributed by atoms with Gasteiger partial charge in [-0.05, 0) is 67.9 Å². The summed E-state index contributed by atoms with van der Waals surface area (Å²) in [4.78, 5) is 0. The largest absolute Gasteiger partial charge is 0.411 e. The normalized spacial score (nSPS) is 39.1. The standard InChI is InChI=1S/C28H43NO5/c1-6-25-18(3)8-11-26(34-25)19(4)15-17(2)7-9-22-20(5)23(22)10-12-27-28(31)24(29-32)16-21(33-27)13-14-30/h7-10,12,15,17,20-23,25-28,30-32H,6,11,13-14,16H2,1-5H3/b9-7+,12-10+,19-15+,29-24+/t17-,20-,21-,22+,23+,25-,26-,27+,28-/m1/s1.